The summed E-state index contributed by atoms with van der Waals surface area (Å²) in [5, 5.41) is 9.73. The van der Waals surface area contributed by atoms with Crippen LogP contribution in [0.1, 0.15) is 290 Å². The van der Waals surface area contributed by atoms with E-state index in [1.165, 1.54) is 167 Å². The predicted molar refractivity (Wildman–Crippen MR) is 341 cm³/mol. The standard InChI is InChI=1S/C71H125NO8/c1-6-8-10-12-14-16-18-20-22-24-26-28-30-31-32-33-34-35-36-37-38-39-40-42-44-46-48-50-52-54-56-58-60-62-69(74)80-67(66-79-71(70(75)76)77-64-63-72(3,4)5)65-78-68(73)61-59-57-55-53-51-49-47-45-43-41-29-27-25-23-21-19-17-15-13-11-9-7-2/h8,10,14,16,20,22,26,28,31-32,34-35,37-38,67,71H,6-7,9,11-13,15,17-19,21,23-25,27,29-30,33,36,39-66H2,1-5H3/p+1/b10-8-,16-14-,22-20-,28-26-,32-31-,35-34-,38-37-. The van der Waals surface area contributed by atoms with Crippen molar-refractivity contribution >= 4 is 17.9 Å². The number of esters is 2. The lowest BCUT2D eigenvalue weighted by Gasteiger charge is -2.25. The van der Waals surface area contributed by atoms with Crippen LogP contribution in [-0.2, 0) is 33.3 Å². The Labute approximate surface area is 493 Å². The van der Waals surface area contributed by atoms with E-state index in [9.17, 15) is 19.5 Å². The zero-order valence-electron chi connectivity index (χ0n) is 52.7. The van der Waals surface area contributed by atoms with Crippen LogP contribution >= 0.6 is 0 Å². The highest BCUT2D eigenvalue weighted by molar-refractivity contribution is 5.71. The summed E-state index contributed by atoms with van der Waals surface area (Å²) in [6, 6.07) is 0. The molecule has 2 atom stereocenters. The average Bonchev–Trinajstić information content (AvgIpc) is 3.43. The van der Waals surface area contributed by atoms with Gasteiger partial charge < -0.3 is 28.5 Å². The first-order valence-corrected chi connectivity index (χ1v) is 33.3. The van der Waals surface area contributed by atoms with E-state index in [-0.39, 0.29) is 32.2 Å². The summed E-state index contributed by atoms with van der Waals surface area (Å²) in [6.07, 6.45) is 79.6. The Bertz CT molecular complexity index is 1590. The smallest absolute Gasteiger partial charge is 0.361 e. The molecule has 462 valence electrons. The van der Waals surface area contributed by atoms with Crippen LogP contribution in [0.5, 0.6) is 0 Å². The maximum absolute atomic E-state index is 12.9. The molecule has 0 aromatic rings. The summed E-state index contributed by atoms with van der Waals surface area (Å²) < 4.78 is 23.0. The largest absolute Gasteiger partial charge is 0.477 e. The number of nitrogens with zero attached hydrogens (tertiary/aromatic N) is 1. The van der Waals surface area contributed by atoms with Crippen molar-refractivity contribution in [2.45, 2.75) is 302 Å². The lowest BCUT2D eigenvalue weighted by atomic mass is 10.0. The first-order chi connectivity index (χ1) is 39.1. The lowest BCUT2D eigenvalue weighted by molar-refractivity contribution is -0.870. The van der Waals surface area contributed by atoms with Gasteiger partial charge in [0.05, 0.1) is 34.4 Å². The topological polar surface area (TPSA) is 108 Å². The van der Waals surface area contributed by atoms with E-state index >= 15 is 0 Å². The van der Waals surface area contributed by atoms with E-state index in [0.29, 0.717) is 23.9 Å². The molecule has 0 spiro atoms. The van der Waals surface area contributed by atoms with E-state index in [1.807, 2.05) is 21.1 Å². The van der Waals surface area contributed by atoms with Gasteiger partial charge in [-0.25, -0.2) is 4.79 Å². The third-order valence-corrected chi connectivity index (χ3v) is 14.4. The third kappa shape index (κ3) is 62.1. The number of aliphatic carboxylic acids is 1. The molecule has 0 aliphatic heterocycles. The van der Waals surface area contributed by atoms with Crippen LogP contribution in [0.3, 0.4) is 0 Å². The van der Waals surface area contributed by atoms with Crippen LogP contribution in [0.15, 0.2) is 85.1 Å². The number of rotatable bonds is 61. The number of quaternary nitrogens is 1. The highest BCUT2D eigenvalue weighted by Crippen LogP contribution is 2.17. The second-order valence-corrected chi connectivity index (χ2v) is 23.4. The Morgan fingerprint density at radius 1 is 0.388 bits per heavy atom. The Morgan fingerprint density at radius 3 is 1.06 bits per heavy atom. The normalized spacial score (nSPS) is 13.3. The molecule has 9 heteroatoms. The van der Waals surface area contributed by atoms with Crippen molar-refractivity contribution in [3.8, 4) is 0 Å². The summed E-state index contributed by atoms with van der Waals surface area (Å²) in [5.74, 6) is -2.00. The second-order valence-electron chi connectivity index (χ2n) is 23.4. The SMILES string of the molecule is CC/C=C\C/C=C\C/C=C\C/C=C\C/C=C\C/C=C\C/C=C\CCCCCCCCCCCCCC(=O)OC(COC(=O)CCCCCCCCCCCCCCCCCCCCCCCC)COC(OCC[N+](C)(C)C)C(=O)O. The van der Waals surface area contributed by atoms with E-state index in [0.717, 1.165) is 89.9 Å². The van der Waals surface area contributed by atoms with Crippen LogP contribution in [0.4, 0.5) is 0 Å². The number of carbonyl (C=O) groups is 3. The molecule has 9 nitrogen and oxygen atoms in total. The van der Waals surface area contributed by atoms with Crippen molar-refractivity contribution in [1.82, 2.24) is 0 Å². The van der Waals surface area contributed by atoms with E-state index in [2.05, 4.69) is 98.9 Å². The Morgan fingerprint density at radius 2 is 0.713 bits per heavy atom. The fraction of sp³-hybridized carbons (Fsp3) is 0.761. The van der Waals surface area contributed by atoms with Gasteiger partial charge in [-0.2, -0.15) is 0 Å². The van der Waals surface area contributed by atoms with Crippen LogP contribution in [0.2, 0.25) is 0 Å². The van der Waals surface area contributed by atoms with Crippen molar-refractivity contribution in [2.24, 2.45) is 0 Å². The zero-order chi connectivity index (χ0) is 58.3. The highest BCUT2D eigenvalue weighted by Gasteiger charge is 2.25. The van der Waals surface area contributed by atoms with Gasteiger partial charge in [0.25, 0.3) is 6.29 Å². The number of allylic oxidation sites excluding steroid dienone is 14. The van der Waals surface area contributed by atoms with Crippen molar-refractivity contribution < 1.29 is 42.9 Å². The van der Waals surface area contributed by atoms with Crippen molar-refractivity contribution in [2.75, 3.05) is 47.5 Å². The highest BCUT2D eigenvalue weighted by atomic mass is 16.7. The lowest BCUT2D eigenvalue weighted by Crippen LogP contribution is -2.40. The summed E-state index contributed by atoms with van der Waals surface area (Å²) >= 11 is 0. The summed E-state index contributed by atoms with van der Waals surface area (Å²) in [7, 11) is 5.98. The van der Waals surface area contributed by atoms with Gasteiger partial charge in [0.2, 0.25) is 0 Å². The van der Waals surface area contributed by atoms with Crippen molar-refractivity contribution in [3.63, 3.8) is 0 Å². The monoisotopic (exact) mass is 1120 g/mol. The molecule has 0 heterocycles. The molecule has 0 fully saturated rings. The Balaban J connectivity index is 4.16. The molecule has 80 heavy (non-hydrogen) atoms. The molecule has 1 N–H and O–H groups in total. The number of carbonyl (C=O) groups excluding carboxylic acids is 2. The van der Waals surface area contributed by atoms with Crippen LogP contribution in [0.25, 0.3) is 0 Å². The first kappa shape index (κ1) is 76.5. The number of hydrogen-bond acceptors (Lipinski definition) is 7. The molecule has 0 bridgehead atoms. The van der Waals surface area contributed by atoms with Crippen molar-refractivity contribution in [3.05, 3.63) is 85.1 Å². The molecular weight excluding hydrogens is 995 g/mol. The molecule has 2 unspecified atom stereocenters. The maximum Gasteiger partial charge on any atom is 0.361 e. The van der Waals surface area contributed by atoms with Gasteiger partial charge in [0.15, 0.2) is 6.10 Å². The van der Waals surface area contributed by atoms with Gasteiger partial charge in [0, 0.05) is 12.8 Å². The van der Waals surface area contributed by atoms with Gasteiger partial charge in [-0.15, -0.1) is 0 Å². The number of carboxylic acid groups (broad SMARTS) is 1. The van der Waals surface area contributed by atoms with Crippen molar-refractivity contribution in [1.29, 1.82) is 0 Å². The van der Waals surface area contributed by atoms with E-state index in [1.54, 1.807) is 0 Å². The summed E-state index contributed by atoms with van der Waals surface area (Å²) in [5.41, 5.74) is 0. The Kier molecular flexibility index (Phi) is 58.8. The fourth-order valence-corrected chi connectivity index (χ4v) is 9.35. The summed E-state index contributed by atoms with van der Waals surface area (Å²) in [4.78, 5) is 37.6. The van der Waals surface area contributed by atoms with Gasteiger partial charge in [-0.3, -0.25) is 9.59 Å². The van der Waals surface area contributed by atoms with E-state index < -0.39 is 24.3 Å². The van der Waals surface area contributed by atoms with Crippen LogP contribution in [0, 0.1) is 0 Å². The van der Waals surface area contributed by atoms with Gasteiger partial charge in [0.1, 0.15) is 13.2 Å². The van der Waals surface area contributed by atoms with Gasteiger partial charge >= 0.3 is 17.9 Å². The van der Waals surface area contributed by atoms with E-state index in [4.69, 9.17) is 18.9 Å². The molecule has 0 amide bonds. The third-order valence-electron chi connectivity index (χ3n) is 14.4. The molecule has 0 aliphatic rings. The number of carboxylic acids is 1. The van der Waals surface area contributed by atoms with Crippen LogP contribution in [-0.4, -0.2) is 87.4 Å². The fourth-order valence-electron chi connectivity index (χ4n) is 9.35. The first-order valence-electron chi connectivity index (χ1n) is 33.3. The molecule has 0 aromatic carbocycles. The molecule has 0 rings (SSSR count). The minimum Gasteiger partial charge on any atom is -0.477 e. The van der Waals surface area contributed by atoms with Gasteiger partial charge in [-0.05, 0) is 70.6 Å². The minimum absolute atomic E-state index is 0.183. The molecule has 0 saturated heterocycles. The quantitative estimate of drug-likeness (QED) is 0.0211. The van der Waals surface area contributed by atoms with Crippen LogP contribution < -0.4 is 0 Å². The molecule has 0 saturated carbocycles. The average molecular weight is 1120 g/mol. The van der Waals surface area contributed by atoms with Gasteiger partial charge in [-0.1, -0.05) is 292 Å². The summed E-state index contributed by atoms with van der Waals surface area (Å²) in [6.45, 7) is 4.80. The number of likely N-dealkylation sites (N-methyl/N-ethyl adjacent to an activating group) is 1. The Hall–Kier alpha value is -3.53. The molecular formula is C71H126NO8+. The zero-order valence-corrected chi connectivity index (χ0v) is 52.7. The number of hydrogen-bond donors (Lipinski definition) is 1. The predicted octanol–water partition coefficient (Wildman–Crippen LogP) is 20.3. The minimum atomic E-state index is -1.51. The molecule has 0 aromatic heterocycles. The second kappa shape index (κ2) is 61.5. The maximum atomic E-state index is 12.9. The number of ether oxygens (including phenoxy) is 4. The number of unbranched alkanes of at least 4 members (excludes halogenated alkanes) is 32. The molecule has 0 aliphatic carbocycles. The molecule has 0 radical (unpaired) electrons.